The van der Waals surface area contributed by atoms with E-state index in [0.717, 1.165) is 17.7 Å². The number of thiazole rings is 1. The van der Waals surface area contributed by atoms with Gasteiger partial charge in [0.25, 0.3) is 0 Å². The highest BCUT2D eigenvalue weighted by molar-refractivity contribution is 7.09. The molecule has 0 radical (unpaired) electrons. The van der Waals surface area contributed by atoms with E-state index in [2.05, 4.69) is 23.7 Å². The maximum Gasteiger partial charge on any atom is 0.158 e. The SMILES string of the molecule is CCC(CC)(C(=O)Cc1cncs1)N(C)C. The first kappa shape index (κ1) is 13.3. The first-order valence-corrected chi connectivity index (χ1v) is 6.53. The van der Waals surface area contributed by atoms with Crippen molar-refractivity contribution in [2.75, 3.05) is 14.1 Å². The van der Waals surface area contributed by atoms with Crippen LogP contribution in [-0.2, 0) is 11.2 Å². The van der Waals surface area contributed by atoms with Gasteiger partial charge in [0.1, 0.15) is 0 Å². The van der Waals surface area contributed by atoms with Gasteiger partial charge in [0, 0.05) is 17.5 Å². The van der Waals surface area contributed by atoms with E-state index in [1.54, 1.807) is 23.0 Å². The molecule has 0 spiro atoms. The van der Waals surface area contributed by atoms with E-state index in [-0.39, 0.29) is 5.54 Å². The van der Waals surface area contributed by atoms with Gasteiger partial charge in [0.05, 0.1) is 11.0 Å². The van der Waals surface area contributed by atoms with E-state index in [9.17, 15) is 4.79 Å². The number of hydrogen-bond acceptors (Lipinski definition) is 4. The number of rotatable bonds is 6. The number of nitrogens with zero attached hydrogens (tertiary/aromatic N) is 2. The first-order chi connectivity index (χ1) is 7.56. The number of carbonyl (C=O) groups excluding carboxylic acids is 1. The summed E-state index contributed by atoms with van der Waals surface area (Å²) in [5.41, 5.74) is 1.46. The maximum absolute atomic E-state index is 12.4. The van der Waals surface area contributed by atoms with Crippen molar-refractivity contribution in [3.63, 3.8) is 0 Å². The number of Topliss-reactive ketones (excluding diaryl/α,β-unsaturated/α-hetero) is 1. The van der Waals surface area contributed by atoms with Crippen LogP contribution in [-0.4, -0.2) is 35.3 Å². The normalized spacial score (nSPS) is 12.1. The van der Waals surface area contributed by atoms with Crippen molar-refractivity contribution in [3.05, 3.63) is 16.6 Å². The molecule has 16 heavy (non-hydrogen) atoms. The van der Waals surface area contributed by atoms with Gasteiger partial charge in [-0.3, -0.25) is 14.7 Å². The molecule has 0 aromatic carbocycles. The van der Waals surface area contributed by atoms with Crippen LogP contribution in [0.15, 0.2) is 11.7 Å². The zero-order valence-corrected chi connectivity index (χ0v) is 11.3. The third kappa shape index (κ3) is 2.50. The van der Waals surface area contributed by atoms with Gasteiger partial charge in [-0.1, -0.05) is 13.8 Å². The van der Waals surface area contributed by atoms with Gasteiger partial charge >= 0.3 is 0 Å². The monoisotopic (exact) mass is 240 g/mol. The van der Waals surface area contributed by atoms with E-state index in [0.29, 0.717) is 12.2 Å². The minimum absolute atomic E-state index is 0.298. The Balaban J connectivity index is 2.83. The molecular formula is C12H20N2OS. The van der Waals surface area contributed by atoms with Crippen molar-refractivity contribution in [3.8, 4) is 0 Å². The summed E-state index contributed by atoms with van der Waals surface area (Å²) in [7, 11) is 3.97. The Kier molecular flexibility index (Phi) is 4.62. The van der Waals surface area contributed by atoms with Gasteiger partial charge in [-0.25, -0.2) is 0 Å². The summed E-state index contributed by atoms with van der Waals surface area (Å²) in [4.78, 5) is 19.5. The molecule has 0 aliphatic heterocycles. The Bertz CT molecular complexity index is 329. The smallest absolute Gasteiger partial charge is 0.158 e. The summed E-state index contributed by atoms with van der Waals surface area (Å²) >= 11 is 1.55. The molecule has 0 aliphatic rings. The Labute approximate surface area is 101 Å². The molecule has 3 nitrogen and oxygen atoms in total. The van der Waals surface area contributed by atoms with Crippen LogP contribution in [0.4, 0.5) is 0 Å². The van der Waals surface area contributed by atoms with Crippen molar-refractivity contribution in [1.29, 1.82) is 0 Å². The summed E-state index contributed by atoms with van der Waals surface area (Å²) in [6.45, 7) is 4.15. The molecule has 0 amide bonds. The predicted octanol–water partition coefficient (Wildman–Crippen LogP) is 2.38. The van der Waals surface area contributed by atoms with Gasteiger partial charge in [0.15, 0.2) is 5.78 Å². The van der Waals surface area contributed by atoms with Gasteiger partial charge in [-0.2, -0.15) is 0 Å². The summed E-state index contributed by atoms with van der Waals surface area (Å²) in [5.74, 6) is 0.298. The number of ketones is 1. The zero-order chi connectivity index (χ0) is 12.2. The lowest BCUT2D eigenvalue weighted by molar-refractivity contribution is -0.129. The molecule has 4 heteroatoms. The molecule has 1 heterocycles. The zero-order valence-electron chi connectivity index (χ0n) is 10.5. The third-order valence-corrected chi connectivity index (χ3v) is 4.14. The first-order valence-electron chi connectivity index (χ1n) is 5.65. The highest BCUT2D eigenvalue weighted by atomic mass is 32.1. The lowest BCUT2D eigenvalue weighted by Crippen LogP contribution is -2.50. The fraction of sp³-hybridized carbons (Fsp3) is 0.667. The van der Waals surface area contributed by atoms with Crippen LogP contribution < -0.4 is 0 Å². The molecule has 1 aromatic heterocycles. The van der Waals surface area contributed by atoms with Crippen molar-refractivity contribution < 1.29 is 4.79 Å². The maximum atomic E-state index is 12.4. The molecule has 1 rings (SSSR count). The van der Waals surface area contributed by atoms with E-state index in [4.69, 9.17) is 0 Å². The Morgan fingerprint density at radius 1 is 1.44 bits per heavy atom. The summed E-state index contributed by atoms with van der Waals surface area (Å²) in [5, 5.41) is 0. The average molecular weight is 240 g/mol. The molecule has 0 saturated heterocycles. The van der Waals surface area contributed by atoms with Crippen LogP contribution in [0.1, 0.15) is 31.6 Å². The van der Waals surface area contributed by atoms with Gasteiger partial charge in [-0.05, 0) is 26.9 Å². The number of hydrogen-bond donors (Lipinski definition) is 0. The molecule has 0 saturated carbocycles. The minimum atomic E-state index is -0.315. The number of aromatic nitrogens is 1. The summed E-state index contributed by atoms with van der Waals surface area (Å²) in [6.07, 6.45) is 4.00. The molecule has 1 aromatic rings. The quantitative estimate of drug-likeness (QED) is 0.765. The molecule has 0 aliphatic carbocycles. The average Bonchev–Trinajstić information content (AvgIpc) is 2.72. The number of likely N-dealkylation sites (N-methyl/N-ethyl adjacent to an activating group) is 1. The topological polar surface area (TPSA) is 33.2 Å². The molecule has 0 atom stereocenters. The van der Waals surface area contributed by atoms with Crippen LogP contribution in [0.3, 0.4) is 0 Å². The van der Waals surface area contributed by atoms with Crippen molar-refractivity contribution >= 4 is 17.1 Å². The molecule has 0 fully saturated rings. The Morgan fingerprint density at radius 3 is 2.44 bits per heavy atom. The fourth-order valence-corrected chi connectivity index (χ4v) is 2.77. The van der Waals surface area contributed by atoms with Crippen LogP contribution in [0.2, 0.25) is 0 Å². The van der Waals surface area contributed by atoms with Crippen molar-refractivity contribution in [2.45, 2.75) is 38.6 Å². The third-order valence-electron chi connectivity index (χ3n) is 3.36. The lowest BCUT2D eigenvalue weighted by Gasteiger charge is -2.37. The van der Waals surface area contributed by atoms with E-state index in [1.165, 1.54) is 0 Å². The Hall–Kier alpha value is -0.740. The largest absolute Gasteiger partial charge is 0.297 e. The van der Waals surface area contributed by atoms with E-state index < -0.39 is 0 Å². The van der Waals surface area contributed by atoms with Crippen molar-refractivity contribution in [1.82, 2.24) is 9.88 Å². The van der Waals surface area contributed by atoms with Gasteiger partial charge in [-0.15, -0.1) is 11.3 Å². The molecule has 0 N–H and O–H groups in total. The van der Waals surface area contributed by atoms with Crippen molar-refractivity contribution in [2.24, 2.45) is 0 Å². The number of carbonyl (C=O) groups is 1. The lowest BCUT2D eigenvalue weighted by atomic mass is 9.85. The van der Waals surface area contributed by atoms with E-state index >= 15 is 0 Å². The highest BCUT2D eigenvalue weighted by Gasteiger charge is 2.36. The molecule has 0 bridgehead atoms. The second-order valence-corrected chi connectivity index (χ2v) is 5.17. The van der Waals surface area contributed by atoms with Gasteiger partial charge < -0.3 is 0 Å². The second-order valence-electron chi connectivity index (χ2n) is 4.20. The Morgan fingerprint density at radius 2 is 2.06 bits per heavy atom. The summed E-state index contributed by atoms with van der Waals surface area (Å²) in [6, 6.07) is 0. The van der Waals surface area contributed by atoms with Crippen LogP contribution in [0.25, 0.3) is 0 Å². The van der Waals surface area contributed by atoms with Gasteiger partial charge in [0.2, 0.25) is 0 Å². The predicted molar refractivity (Wildman–Crippen MR) is 67.8 cm³/mol. The minimum Gasteiger partial charge on any atom is -0.297 e. The fourth-order valence-electron chi connectivity index (χ4n) is 2.18. The van der Waals surface area contributed by atoms with Crippen LogP contribution in [0.5, 0.6) is 0 Å². The molecule has 90 valence electrons. The molecular weight excluding hydrogens is 220 g/mol. The van der Waals surface area contributed by atoms with Crippen LogP contribution in [0, 0.1) is 0 Å². The van der Waals surface area contributed by atoms with E-state index in [1.807, 2.05) is 14.1 Å². The second kappa shape index (κ2) is 5.55. The highest BCUT2D eigenvalue weighted by Crippen LogP contribution is 2.25. The molecule has 0 unspecified atom stereocenters. The van der Waals surface area contributed by atoms with Crippen LogP contribution >= 0.6 is 11.3 Å². The standard InChI is InChI=1S/C12H20N2OS/c1-5-12(6-2,14(3)4)11(15)7-10-8-13-9-16-10/h8-9H,5-7H2,1-4H3. The summed E-state index contributed by atoms with van der Waals surface area (Å²) < 4.78 is 0.